The lowest BCUT2D eigenvalue weighted by Gasteiger charge is -2.43. The van der Waals surface area contributed by atoms with Gasteiger partial charge in [0.05, 0.1) is 44.7 Å². The second kappa shape index (κ2) is 23.8. The molecule has 0 bridgehead atoms. The van der Waals surface area contributed by atoms with Gasteiger partial charge in [-0.3, -0.25) is 0 Å². The predicted molar refractivity (Wildman–Crippen MR) is 257 cm³/mol. The SMILES string of the molecule is CCCCCCCCCC[C@@H](O[Si](C)(C)C(C)(C)C)[C@@H]1O[C@@H]([C@H]2CC[C@H]([C@@H](CCCCCCCCCC)O[Si](C)(C)C(C)(C)C)O2)C[C@H]1[Si](C)(C)c1ccccc1. The summed E-state index contributed by atoms with van der Waals surface area (Å²) in [5.74, 6) is 0. The molecule has 0 aromatic heterocycles. The zero-order chi connectivity index (χ0) is 42.3. The molecule has 2 aliphatic heterocycles. The minimum atomic E-state index is -2.05. The van der Waals surface area contributed by atoms with Gasteiger partial charge in [0.15, 0.2) is 16.6 Å². The Morgan fingerprint density at radius 2 is 1.00 bits per heavy atom. The molecule has 4 nitrogen and oxygen atoms in total. The van der Waals surface area contributed by atoms with Crippen LogP contribution in [0.2, 0.25) is 54.9 Å². The first-order valence-electron chi connectivity index (χ1n) is 24.5. The highest BCUT2D eigenvalue weighted by atomic mass is 28.4. The quantitative estimate of drug-likeness (QED) is 0.0653. The molecule has 332 valence electrons. The Hall–Kier alpha value is -0.289. The van der Waals surface area contributed by atoms with Crippen molar-refractivity contribution >= 4 is 29.9 Å². The van der Waals surface area contributed by atoms with Crippen LogP contribution in [0.15, 0.2) is 30.3 Å². The number of rotatable bonds is 27. The van der Waals surface area contributed by atoms with Crippen molar-refractivity contribution in [3.05, 3.63) is 30.3 Å². The van der Waals surface area contributed by atoms with Crippen LogP contribution in [-0.2, 0) is 18.3 Å². The summed E-state index contributed by atoms with van der Waals surface area (Å²) in [4.78, 5) is 0. The van der Waals surface area contributed by atoms with Gasteiger partial charge < -0.3 is 18.3 Å². The molecule has 2 heterocycles. The molecule has 0 radical (unpaired) electrons. The molecule has 1 aromatic rings. The smallest absolute Gasteiger partial charge is 0.192 e. The topological polar surface area (TPSA) is 36.9 Å². The molecule has 2 fully saturated rings. The average molecular weight is 846 g/mol. The Balaban J connectivity index is 1.84. The lowest BCUT2D eigenvalue weighted by Crippen LogP contribution is -2.53. The lowest BCUT2D eigenvalue weighted by molar-refractivity contribution is -0.107. The highest BCUT2D eigenvalue weighted by Gasteiger charge is 2.54. The third kappa shape index (κ3) is 15.8. The van der Waals surface area contributed by atoms with Crippen molar-refractivity contribution < 1.29 is 18.3 Å². The minimum Gasteiger partial charge on any atom is -0.411 e. The molecule has 0 amide bonds. The highest BCUT2D eigenvalue weighted by Crippen LogP contribution is 2.48. The fraction of sp³-hybridized carbons (Fsp3) is 0.880. The first kappa shape index (κ1) is 51.1. The largest absolute Gasteiger partial charge is 0.411 e. The zero-order valence-electron chi connectivity index (χ0n) is 40.4. The number of hydrogen-bond acceptors (Lipinski definition) is 4. The Bertz CT molecular complexity index is 1220. The van der Waals surface area contributed by atoms with Gasteiger partial charge in [0.25, 0.3) is 0 Å². The molecule has 2 saturated heterocycles. The first-order valence-corrected chi connectivity index (χ1v) is 33.4. The first-order chi connectivity index (χ1) is 26.7. The van der Waals surface area contributed by atoms with Crippen molar-refractivity contribution in [2.45, 2.75) is 282 Å². The molecule has 0 spiro atoms. The maximum atomic E-state index is 7.54. The maximum Gasteiger partial charge on any atom is 0.192 e. The lowest BCUT2D eigenvalue weighted by atomic mass is 10.00. The van der Waals surface area contributed by atoms with Crippen molar-refractivity contribution in [3.63, 3.8) is 0 Å². The van der Waals surface area contributed by atoms with Crippen molar-refractivity contribution in [3.8, 4) is 0 Å². The summed E-state index contributed by atoms with van der Waals surface area (Å²) in [6.07, 6.45) is 27.7. The van der Waals surface area contributed by atoms with Crippen LogP contribution in [0.1, 0.15) is 190 Å². The summed E-state index contributed by atoms with van der Waals surface area (Å²) in [7, 11) is -5.96. The van der Waals surface area contributed by atoms with Gasteiger partial charge in [-0.2, -0.15) is 0 Å². The van der Waals surface area contributed by atoms with Crippen LogP contribution in [-0.4, -0.2) is 61.3 Å². The van der Waals surface area contributed by atoms with Gasteiger partial charge in [0.1, 0.15) is 0 Å². The van der Waals surface area contributed by atoms with Crippen LogP contribution in [0.3, 0.4) is 0 Å². The Morgan fingerprint density at radius 3 is 1.47 bits per heavy atom. The molecule has 2 aliphatic rings. The second-order valence-corrected chi connectivity index (χ2v) is 36.5. The molecule has 57 heavy (non-hydrogen) atoms. The molecule has 3 rings (SSSR count). The van der Waals surface area contributed by atoms with Crippen molar-refractivity contribution in [2.75, 3.05) is 0 Å². The van der Waals surface area contributed by atoms with E-state index in [-0.39, 0.29) is 46.7 Å². The summed E-state index contributed by atoms with van der Waals surface area (Å²) >= 11 is 0. The van der Waals surface area contributed by atoms with E-state index in [4.69, 9.17) is 18.3 Å². The van der Waals surface area contributed by atoms with E-state index in [9.17, 15) is 0 Å². The molecule has 7 atom stereocenters. The maximum absolute atomic E-state index is 7.54. The van der Waals surface area contributed by atoms with Crippen LogP contribution >= 0.6 is 0 Å². The number of hydrogen-bond donors (Lipinski definition) is 0. The van der Waals surface area contributed by atoms with Gasteiger partial charge in [-0.25, -0.2) is 0 Å². The van der Waals surface area contributed by atoms with Gasteiger partial charge in [0, 0.05) is 0 Å². The van der Waals surface area contributed by atoms with Gasteiger partial charge >= 0.3 is 0 Å². The van der Waals surface area contributed by atoms with E-state index in [1.165, 1.54) is 103 Å². The molecular formula is C50H96O4Si3. The number of ether oxygens (including phenoxy) is 2. The molecular weight excluding hydrogens is 749 g/mol. The van der Waals surface area contributed by atoms with Crippen LogP contribution in [0, 0.1) is 0 Å². The summed E-state index contributed by atoms with van der Waals surface area (Å²) in [6.45, 7) is 33.9. The monoisotopic (exact) mass is 845 g/mol. The summed E-state index contributed by atoms with van der Waals surface area (Å²) < 4.78 is 29.6. The summed E-state index contributed by atoms with van der Waals surface area (Å²) in [6, 6.07) is 11.5. The molecule has 0 saturated carbocycles. The van der Waals surface area contributed by atoms with Gasteiger partial charge in [-0.15, -0.1) is 0 Å². The average Bonchev–Trinajstić information content (AvgIpc) is 3.81. The van der Waals surface area contributed by atoms with Crippen LogP contribution in [0.5, 0.6) is 0 Å². The van der Waals surface area contributed by atoms with E-state index in [0.29, 0.717) is 5.54 Å². The Morgan fingerprint density at radius 1 is 0.561 bits per heavy atom. The summed E-state index contributed by atoms with van der Waals surface area (Å²) in [5.41, 5.74) is 0.480. The zero-order valence-corrected chi connectivity index (χ0v) is 43.4. The molecule has 0 N–H and O–H groups in total. The van der Waals surface area contributed by atoms with E-state index in [1.807, 2.05) is 0 Å². The number of unbranched alkanes of at least 4 members (excludes halogenated alkanes) is 14. The fourth-order valence-corrected chi connectivity index (χ4v) is 15.2. The van der Waals surface area contributed by atoms with Crippen molar-refractivity contribution in [1.82, 2.24) is 0 Å². The number of benzene rings is 1. The van der Waals surface area contributed by atoms with Crippen molar-refractivity contribution in [1.29, 1.82) is 0 Å². The normalized spacial score (nSPS) is 23.6. The van der Waals surface area contributed by atoms with Gasteiger partial charge in [-0.1, -0.05) is 207 Å². The molecule has 1 aromatic carbocycles. The predicted octanol–water partition coefficient (Wildman–Crippen LogP) is 15.5. The van der Waals surface area contributed by atoms with Crippen molar-refractivity contribution in [2.24, 2.45) is 0 Å². The molecule has 0 aliphatic carbocycles. The van der Waals surface area contributed by atoms with Gasteiger partial charge in [0.2, 0.25) is 0 Å². The van der Waals surface area contributed by atoms with Gasteiger partial charge in [-0.05, 0) is 73.9 Å². The molecule has 7 heteroatoms. The van der Waals surface area contributed by atoms with Crippen LogP contribution in [0.25, 0.3) is 0 Å². The molecule has 0 unspecified atom stereocenters. The third-order valence-corrected chi connectivity index (χ3v) is 28.4. The second-order valence-electron chi connectivity index (χ2n) is 22.2. The third-order valence-electron chi connectivity index (χ3n) is 15.1. The fourth-order valence-electron chi connectivity index (χ4n) is 9.03. The van der Waals surface area contributed by atoms with E-state index in [2.05, 4.69) is 125 Å². The van der Waals surface area contributed by atoms with E-state index in [1.54, 1.807) is 5.19 Å². The standard InChI is InChI=1S/C50H96O4Si3/c1-15-17-19-21-23-25-27-32-36-44(53-56(11,12)49(3,4)5)42-38-39-43(51-42)46-40-47(55(9,10)41-34-30-29-31-35-41)48(52-46)45(54-57(13,14)50(6,7)8)37-33-28-26-24-22-20-18-16-2/h29-31,34-35,42-48H,15-28,32-33,36-40H2,1-14H3/t42-,43-,44-,45-,46-,47-,48+/m1/s1. The van der Waals surface area contributed by atoms with E-state index >= 15 is 0 Å². The van der Waals surface area contributed by atoms with Crippen LogP contribution < -0.4 is 5.19 Å². The Labute approximate surface area is 358 Å². The van der Waals surface area contributed by atoms with Crippen LogP contribution in [0.4, 0.5) is 0 Å². The summed E-state index contributed by atoms with van der Waals surface area (Å²) in [5, 5.41) is 1.88. The Kier molecular flexibility index (Phi) is 21.3. The highest BCUT2D eigenvalue weighted by molar-refractivity contribution is 6.91. The van der Waals surface area contributed by atoms with E-state index < -0.39 is 24.7 Å². The van der Waals surface area contributed by atoms with E-state index in [0.717, 1.165) is 32.1 Å². The minimum absolute atomic E-state index is 0.106.